The van der Waals surface area contributed by atoms with Crippen molar-refractivity contribution in [2.75, 3.05) is 11.0 Å². The Hall–Kier alpha value is -1.51. The first-order valence-electron chi connectivity index (χ1n) is 5.37. The lowest BCUT2D eigenvalue weighted by Crippen LogP contribution is -2.16. The van der Waals surface area contributed by atoms with Gasteiger partial charge in [-0.1, -0.05) is 0 Å². The number of halogens is 3. The van der Waals surface area contributed by atoms with E-state index in [9.17, 15) is 21.6 Å². The number of hydrogen-bond acceptors (Lipinski definition) is 4. The number of nitrogens with one attached hydrogen (secondary N) is 1. The zero-order valence-electron chi connectivity index (χ0n) is 9.86. The van der Waals surface area contributed by atoms with Crippen LogP contribution < -0.4 is 9.46 Å². The summed E-state index contributed by atoms with van der Waals surface area (Å²) in [7, 11) is -3.70. The van der Waals surface area contributed by atoms with Gasteiger partial charge in [0.15, 0.2) is 11.4 Å². The van der Waals surface area contributed by atoms with E-state index in [1.165, 1.54) is 0 Å². The molecule has 0 radical (unpaired) electrons. The highest BCUT2D eigenvalue weighted by molar-refractivity contribution is 7.92. The Balaban J connectivity index is 2.46. The summed E-state index contributed by atoms with van der Waals surface area (Å²) in [5.74, 6) is -0.567. The molecule has 0 atom stereocenters. The molecule has 106 valence electrons. The van der Waals surface area contributed by atoms with Crippen LogP contribution in [-0.4, -0.2) is 25.8 Å². The Morgan fingerprint density at radius 2 is 2.05 bits per heavy atom. The summed E-state index contributed by atoms with van der Waals surface area (Å²) >= 11 is 0. The van der Waals surface area contributed by atoms with Gasteiger partial charge in [0.25, 0.3) is 0 Å². The Morgan fingerprint density at radius 3 is 2.53 bits per heavy atom. The summed E-state index contributed by atoms with van der Waals surface area (Å²) in [5, 5.41) is 0. The van der Waals surface area contributed by atoms with Crippen LogP contribution in [0, 0.1) is 0 Å². The molecule has 0 amide bonds. The zero-order chi connectivity index (χ0) is 14.3. The highest BCUT2D eigenvalue weighted by Gasteiger charge is 2.39. The van der Waals surface area contributed by atoms with E-state index in [4.69, 9.17) is 4.74 Å². The van der Waals surface area contributed by atoms with E-state index in [0.29, 0.717) is 12.8 Å². The van der Waals surface area contributed by atoms with Crippen LogP contribution in [-0.2, 0) is 16.2 Å². The lowest BCUT2D eigenvalue weighted by atomic mass is 10.3. The van der Waals surface area contributed by atoms with Crippen molar-refractivity contribution < 1.29 is 26.3 Å². The van der Waals surface area contributed by atoms with Crippen LogP contribution >= 0.6 is 0 Å². The average molecular weight is 296 g/mol. The van der Waals surface area contributed by atoms with Crippen LogP contribution in [0.2, 0.25) is 0 Å². The third-order valence-corrected chi connectivity index (χ3v) is 2.87. The van der Waals surface area contributed by atoms with Crippen molar-refractivity contribution in [2.24, 2.45) is 0 Å². The molecule has 1 N–H and O–H groups in total. The third kappa shape index (κ3) is 3.72. The first-order valence-corrected chi connectivity index (χ1v) is 7.26. The third-order valence-electron chi connectivity index (χ3n) is 2.28. The van der Waals surface area contributed by atoms with Gasteiger partial charge in [0.1, 0.15) is 0 Å². The van der Waals surface area contributed by atoms with Gasteiger partial charge in [-0.25, -0.2) is 13.4 Å². The van der Waals surface area contributed by atoms with E-state index >= 15 is 0 Å². The number of sulfonamides is 1. The van der Waals surface area contributed by atoms with Gasteiger partial charge in [-0.05, 0) is 18.9 Å². The standard InChI is InChI=1S/C10H11F3N2O3S/c1-19(16,17)15-7-4-5-14-9(10(11,12)13)8(7)18-6-2-3-6/h4-6H,2-3H2,1H3,(H,14,15). The average Bonchev–Trinajstić information content (AvgIpc) is 3.00. The summed E-state index contributed by atoms with van der Waals surface area (Å²) in [6.07, 6.45) is -2.00. The van der Waals surface area contributed by atoms with Crippen molar-refractivity contribution in [2.45, 2.75) is 25.1 Å². The van der Waals surface area contributed by atoms with Gasteiger partial charge >= 0.3 is 6.18 Å². The van der Waals surface area contributed by atoms with Crippen molar-refractivity contribution in [1.82, 2.24) is 4.98 Å². The molecule has 1 fully saturated rings. The maximum absolute atomic E-state index is 12.8. The highest BCUT2D eigenvalue weighted by Crippen LogP contribution is 2.41. The maximum Gasteiger partial charge on any atom is 0.437 e. The van der Waals surface area contributed by atoms with Crippen molar-refractivity contribution in [3.63, 3.8) is 0 Å². The van der Waals surface area contributed by atoms with Crippen molar-refractivity contribution in [3.05, 3.63) is 18.0 Å². The van der Waals surface area contributed by atoms with Crippen molar-refractivity contribution in [1.29, 1.82) is 0 Å². The van der Waals surface area contributed by atoms with E-state index in [1.807, 2.05) is 4.72 Å². The molecular weight excluding hydrogens is 285 g/mol. The molecule has 9 heteroatoms. The molecule has 19 heavy (non-hydrogen) atoms. The maximum atomic E-state index is 12.8. The fourth-order valence-corrected chi connectivity index (χ4v) is 1.96. The molecule has 0 aromatic carbocycles. The van der Waals surface area contributed by atoms with Gasteiger partial charge in [0.2, 0.25) is 10.0 Å². The number of aromatic nitrogens is 1. The Morgan fingerprint density at radius 1 is 1.42 bits per heavy atom. The van der Waals surface area contributed by atoms with Gasteiger partial charge in [-0.3, -0.25) is 4.72 Å². The van der Waals surface area contributed by atoms with Crippen LogP contribution in [0.1, 0.15) is 18.5 Å². The first kappa shape index (κ1) is 13.9. The number of anilines is 1. The summed E-state index contributed by atoms with van der Waals surface area (Å²) in [6.45, 7) is 0. The van der Waals surface area contributed by atoms with Crippen LogP contribution in [0.5, 0.6) is 5.75 Å². The molecule has 1 saturated carbocycles. The number of rotatable bonds is 4. The van der Waals surface area contributed by atoms with Gasteiger partial charge < -0.3 is 4.74 Å². The van der Waals surface area contributed by atoms with Gasteiger partial charge in [0, 0.05) is 6.20 Å². The molecule has 1 aliphatic carbocycles. The monoisotopic (exact) mass is 296 g/mol. The van der Waals surface area contributed by atoms with Crippen LogP contribution in [0.15, 0.2) is 12.3 Å². The van der Waals surface area contributed by atoms with Crippen molar-refractivity contribution >= 4 is 15.7 Å². The normalized spacial score (nSPS) is 16.2. The Kier molecular flexibility index (Phi) is 3.33. The minimum atomic E-state index is -4.71. The predicted octanol–water partition coefficient (Wildman–Crippen LogP) is 2.01. The van der Waals surface area contributed by atoms with E-state index in [1.54, 1.807) is 0 Å². The number of pyridine rings is 1. The number of alkyl halides is 3. The minimum absolute atomic E-state index is 0.253. The predicted molar refractivity (Wildman–Crippen MR) is 61.4 cm³/mol. The Bertz CT molecular complexity index is 582. The highest BCUT2D eigenvalue weighted by atomic mass is 32.2. The van der Waals surface area contributed by atoms with Crippen molar-refractivity contribution in [3.8, 4) is 5.75 Å². The lowest BCUT2D eigenvalue weighted by Gasteiger charge is -2.16. The fourth-order valence-electron chi connectivity index (χ4n) is 1.40. The van der Waals surface area contributed by atoms with E-state index in [-0.39, 0.29) is 11.8 Å². The molecule has 0 saturated heterocycles. The van der Waals surface area contributed by atoms with Crippen LogP contribution in [0.3, 0.4) is 0 Å². The lowest BCUT2D eigenvalue weighted by molar-refractivity contribution is -0.142. The molecule has 1 aliphatic rings. The molecule has 0 aliphatic heterocycles. The first-order chi connectivity index (χ1) is 8.67. The second kappa shape index (κ2) is 4.55. The minimum Gasteiger partial charge on any atom is -0.486 e. The summed E-state index contributed by atoms with van der Waals surface area (Å²) < 4.78 is 67.9. The summed E-state index contributed by atoms with van der Waals surface area (Å²) in [4.78, 5) is 3.24. The van der Waals surface area contributed by atoms with E-state index in [2.05, 4.69) is 4.98 Å². The van der Waals surface area contributed by atoms with Gasteiger partial charge in [-0.15, -0.1) is 0 Å². The molecule has 1 aromatic heterocycles. The SMILES string of the molecule is CS(=O)(=O)Nc1ccnc(C(F)(F)F)c1OC1CC1. The number of ether oxygens (including phenoxy) is 1. The number of hydrogen-bond donors (Lipinski definition) is 1. The van der Waals surface area contributed by atoms with E-state index in [0.717, 1.165) is 18.5 Å². The summed E-state index contributed by atoms with van der Waals surface area (Å²) in [6, 6.07) is 1.13. The molecule has 1 aromatic rings. The van der Waals surface area contributed by atoms with E-state index < -0.39 is 27.6 Å². The van der Waals surface area contributed by atoms with Gasteiger partial charge in [0.05, 0.1) is 18.0 Å². The molecular formula is C10H11F3N2O3S. The largest absolute Gasteiger partial charge is 0.486 e. The molecule has 1 heterocycles. The molecule has 5 nitrogen and oxygen atoms in total. The second-order valence-electron chi connectivity index (χ2n) is 4.23. The topological polar surface area (TPSA) is 68.3 Å². The van der Waals surface area contributed by atoms with Gasteiger partial charge in [-0.2, -0.15) is 13.2 Å². The molecule has 0 spiro atoms. The van der Waals surface area contributed by atoms with Crippen LogP contribution in [0.25, 0.3) is 0 Å². The second-order valence-corrected chi connectivity index (χ2v) is 5.97. The number of nitrogens with zero attached hydrogens (tertiary/aromatic N) is 1. The van der Waals surface area contributed by atoms with Crippen LogP contribution in [0.4, 0.5) is 18.9 Å². The quantitative estimate of drug-likeness (QED) is 0.923. The Labute approximate surface area is 107 Å². The smallest absolute Gasteiger partial charge is 0.437 e. The zero-order valence-corrected chi connectivity index (χ0v) is 10.7. The molecule has 2 rings (SSSR count). The fraction of sp³-hybridized carbons (Fsp3) is 0.500. The molecule has 0 unspecified atom stereocenters. The molecule has 0 bridgehead atoms. The summed E-state index contributed by atoms with van der Waals surface area (Å²) in [5.41, 5.74) is -1.48.